The molecule has 2 heteroatoms. The summed E-state index contributed by atoms with van der Waals surface area (Å²) in [5.41, 5.74) is 22.3. The molecule has 1 aliphatic carbocycles. The van der Waals surface area contributed by atoms with Gasteiger partial charge in [-0.15, -0.1) is 0 Å². The molecule has 0 radical (unpaired) electrons. The fraction of sp³-hybridized carbons (Fsp3) is 0.0164. The van der Waals surface area contributed by atoms with Gasteiger partial charge in [-0.1, -0.05) is 158 Å². The lowest BCUT2D eigenvalue weighted by Crippen LogP contribution is -1.96. The van der Waals surface area contributed by atoms with Gasteiger partial charge in [0.1, 0.15) is 0 Å². The van der Waals surface area contributed by atoms with Crippen molar-refractivity contribution in [3.63, 3.8) is 0 Å². The first-order valence-corrected chi connectivity index (χ1v) is 21.9. The average Bonchev–Trinajstić information content (AvgIpc) is 4.01. The molecule has 0 saturated heterocycles. The SMILES string of the molecule is c1ccc(-c2ccc3c(c2)c2cc(-c4ccccc4)ccc2n3-c2ccc3c(c2)-c2cc(-n4c5ccc(-c6ccccc6)cc5c5cc(-c6ccccc6)ccc54)ccc2C3)cc1. The van der Waals surface area contributed by atoms with Crippen LogP contribution in [0.1, 0.15) is 11.1 Å². The van der Waals surface area contributed by atoms with Gasteiger partial charge in [0.15, 0.2) is 0 Å². The van der Waals surface area contributed by atoms with Crippen LogP contribution in [0.15, 0.2) is 231 Å². The molecule has 0 bridgehead atoms. The Labute approximate surface area is 366 Å². The highest BCUT2D eigenvalue weighted by molar-refractivity contribution is 6.13. The predicted octanol–water partition coefficient (Wildman–Crippen LogP) is 16.1. The summed E-state index contributed by atoms with van der Waals surface area (Å²) >= 11 is 0. The summed E-state index contributed by atoms with van der Waals surface area (Å²) in [4.78, 5) is 0. The van der Waals surface area contributed by atoms with Gasteiger partial charge < -0.3 is 9.13 Å². The smallest absolute Gasteiger partial charge is 0.0541 e. The summed E-state index contributed by atoms with van der Waals surface area (Å²) in [7, 11) is 0. The van der Waals surface area contributed by atoms with E-state index in [1.165, 1.54) is 122 Å². The zero-order valence-corrected chi connectivity index (χ0v) is 34.5. The highest BCUT2D eigenvalue weighted by Gasteiger charge is 2.23. The second kappa shape index (κ2) is 14.2. The van der Waals surface area contributed by atoms with Crippen LogP contribution in [-0.4, -0.2) is 9.13 Å². The van der Waals surface area contributed by atoms with Gasteiger partial charge in [0.25, 0.3) is 0 Å². The van der Waals surface area contributed by atoms with Crippen LogP contribution in [0.2, 0.25) is 0 Å². The topological polar surface area (TPSA) is 9.86 Å². The van der Waals surface area contributed by atoms with Crippen molar-refractivity contribution in [1.29, 1.82) is 0 Å². The normalized spacial score (nSPS) is 12.1. The predicted molar refractivity (Wildman–Crippen MR) is 265 cm³/mol. The Morgan fingerprint density at radius 3 is 0.810 bits per heavy atom. The molecule has 1 aliphatic rings. The molecule has 2 heterocycles. The molecule has 0 atom stereocenters. The molecule has 0 unspecified atom stereocenters. The van der Waals surface area contributed by atoms with Crippen LogP contribution in [-0.2, 0) is 6.42 Å². The maximum atomic E-state index is 2.47. The van der Waals surface area contributed by atoms with Crippen LogP contribution in [0, 0.1) is 0 Å². The summed E-state index contributed by atoms with van der Waals surface area (Å²) in [5, 5.41) is 5.02. The summed E-state index contributed by atoms with van der Waals surface area (Å²) in [6.07, 6.45) is 0.924. The van der Waals surface area contributed by atoms with Crippen molar-refractivity contribution < 1.29 is 0 Å². The van der Waals surface area contributed by atoms with E-state index in [0.29, 0.717) is 0 Å². The van der Waals surface area contributed by atoms with Crippen molar-refractivity contribution in [2.75, 3.05) is 0 Å². The average molecular weight is 801 g/mol. The van der Waals surface area contributed by atoms with Crippen LogP contribution in [0.3, 0.4) is 0 Å². The Kier molecular flexibility index (Phi) is 8.01. The van der Waals surface area contributed by atoms with Gasteiger partial charge in [-0.25, -0.2) is 0 Å². The number of aromatic nitrogens is 2. The fourth-order valence-corrected chi connectivity index (χ4v) is 10.3. The van der Waals surface area contributed by atoms with E-state index < -0.39 is 0 Å². The summed E-state index contributed by atoms with van der Waals surface area (Å²) in [6, 6.07) is 85.0. The molecule has 2 nitrogen and oxygen atoms in total. The second-order valence-corrected chi connectivity index (χ2v) is 16.9. The largest absolute Gasteiger partial charge is 0.309 e. The number of hydrogen-bond acceptors (Lipinski definition) is 0. The molecule has 12 aromatic rings. The molecule has 10 aromatic carbocycles. The van der Waals surface area contributed by atoms with E-state index in [-0.39, 0.29) is 0 Å². The Balaban J connectivity index is 0.976. The number of nitrogens with zero attached hydrogens (tertiary/aromatic N) is 2. The third-order valence-corrected chi connectivity index (χ3v) is 13.3. The molecular weight excluding hydrogens is 761 g/mol. The van der Waals surface area contributed by atoms with Crippen molar-refractivity contribution in [2.24, 2.45) is 0 Å². The number of hydrogen-bond donors (Lipinski definition) is 0. The van der Waals surface area contributed by atoms with Gasteiger partial charge in [0.05, 0.1) is 22.1 Å². The standard InChI is InChI=1S/C61H40N2/c1-5-13-40(14-6-1)44-23-29-58-54(34-44)55-35-45(41-15-7-2-8-16-41)24-30-59(55)62(58)50-27-21-48-33-49-22-28-51(39-53(49)52(48)38-50)63-60-31-25-46(42-17-9-3-10-18-42)36-56(60)57-37-47(26-32-61(57)63)43-19-11-4-12-20-43/h1-32,34-39H,33H2. The fourth-order valence-electron chi connectivity index (χ4n) is 10.3. The van der Waals surface area contributed by atoms with E-state index in [9.17, 15) is 0 Å². The Hall–Kier alpha value is -8.20. The maximum absolute atomic E-state index is 2.47. The third-order valence-electron chi connectivity index (χ3n) is 13.3. The van der Waals surface area contributed by atoms with Crippen LogP contribution in [0.25, 0.3) is 111 Å². The van der Waals surface area contributed by atoms with Crippen molar-refractivity contribution in [1.82, 2.24) is 9.13 Å². The molecule has 63 heavy (non-hydrogen) atoms. The summed E-state index contributed by atoms with van der Waals surface area (Å²) in [5.74, 6) is 0. The van der Waals surface area contributed by atoms with Crippen molar-refractivity contribution in [2.45, 2.75) is 6.42 Å². The van der Waals surface area contributed by atoms with E-state index in [1.807, 2.05) is 0 Å². The number of fused-ring (bicyclic) bond motifs is 9. The van der Waals surface area contributed by atoms with Gasteiger partial charge in [-0.05, 0) is 146 Å². The van der Waals surface area contributed by atoms with Crippen LogP contribution < -0.4 is 0 Å². The minimum atomic E-state index is 0.924. The van der Waals surface area contributed by atoms with E-state index in [4.69, 9.17) is 0 Å². The van der Waals surface area contributed by atoms with Crippen molar-refractivity contribution >= 4 is 43.6 Å². The maximum Gasteiger partial charge on any atom is 0.0541 e. The van der Waals surface area contributed by atoms with E-state index >= 15 is 0 Å². The van der Waals surface area contributed by atoms with Gasteiger partial charge in [-0.2, -0.15) is 0 Å². The lowest BCUT2D eigenvalue weighted by molar-refractivity contribution is 1.17. The lowest BCUT2D eigenvalue weighted by atomic mass is 10.0. The highest BCUT2D eigenvalue weighted by Crippen LogP contribution is 2.44. The van der Waals surface area contributed by atoms with Gasteiger partial charge in [0, 0.05) is 32.9 Å². The van der Waals surface area contributed by atoms with Gasteiger partial charge in [-0.3, -0.25) is 0 Å². The first-order chi connectivity index (χ1) is 31.2. The molecule has 2 aromatic heterocycles. The molecule has 13 rings (SSSR count). The number of rotatable bonds is 6. The van der Waals surface area contributed by atoms with E-state index in [2.05, 4.69) is 240 Å². The summed E-state index contributed by atoms with van der Waals surface area (Å²) < 4.78 is 4.94. The van der Waals surface area contributed by atoms with Crippen molar-refractivity contribution in [3.05, 3.63) is 242 Å². The Bertz CT molecular complexity index is 3280. The monoisotopic (exact) mass is 800 g/mol. The van der Waals surface area contributed by atoms with Gasteiger partial charge in [0.2, 0.25) is 0 Å². The molecule has 0 fully saturated rings. The highest BCUT2D eigenvalue weighted by atomic mass is 15.0. The Morgan fingerprint density at radius 2 is 0.524 bits per heavy atom. The molecule has 294 valence electrons. The second-order valence-electron chi connectivity index (χ2n) is 16.9. The zero-order valence-electron chi connectivity index (χ0n) is 34.5. The first-order valence-electron chi connectivity index (χ1n) is 21.9. The quantitative estimate of drug-likeness (QED) is 0.159. The zero-order chi connectivity index (χ0) is 41.4. The Morgan fingerprint density at radius 1 is 0.238 bits per heavy atom. The number of benzene rings is 10. The van der Waals surface area contributed by atoms with Crippen LogP contribution in [0.4, 0.5) is 0 Å². The van der Waals surface area contributed by atoms with Crippen LogP contribution >= 0.6 is 0 Å². The van der Waals surface area contributed by atoms with Crippen molar-refractivity contribution in [3.8, 4) is 67.0 Å². The molecule has 0 spiro atoms. The van der Waals surface area contributed by atoms with E-state index in [0.717, 1.165) is 6.42 Å². The third kappa shape index (κ3) is 5.80. The summed E-state index contributed by atoms with van der Waals surface area (Å²) in [6.45, 7) is 0. The van der Waals surface area contributed by atoms with Gasteiger partial charge >= 0.3 is 0 Å². The molecule has 0 aliphatic heterocycles. The molecule has 0 N–H and O–H groups in total. The minimum absolute atomic E-state index is 0.924. The minimum Gasteiger partial charge on any atom is -0.309 e. The molecule has 0 saturated carbocycles. The van der Waals surface area contributed by atoms with E-state index in [1.54, 1.807) is 0 Å². The first kappa shape index (κ1) is 35.5. The molecule has 0 amide bonds. The lowest BCUT2D eigenvalue weighted by Gasteiger charge is -2.13. The van der Waals surface area contributed by atoms with Crippen LogP contribution in [0.5, 0.6) is 0 Å². The molecular formula is C61H40N2.